The first-order chi connectivity index (χ1) is 15.7. The Balaban J connectivity index is 1.43. The molecule has 160 valence electrons. The van der Waals surface area contributed by atoms with Gasteiger partial charge < -0.3 is 9.47 Å². The molecule has 0 aliphatic carbocycles. The average Bonchev–Trinajstić information content (AvgIpc) is 3.34. The number of methoxy groups -OCH3 is 1. The summed E-state index contributed by atoms with van der Waals surface area (Å²) in [4.78, 5) is 12.4. The van der Waals surface area contributed by atoms with E-state index < -0.39 is 5.91 Å². The van der Waals surface area contributed by atoms with Crippen molar-refractivity contribution in [2.24, 2.45) is 5.10 Å². The lowest BCUT2D eigenvalue weighted by atomic mass is 10.1. The molecule has 1 aromatic heterocycles. The minimum Gasteiger partial charge on any atom is -0.497 e. The number of hydrogen-bond acceptors (Lipinski definition) is 5. The third-order valence-corrected chi connectivity index (χ3v) is 4.70. The quantitative estimate of drug-likeness (QED) is 0.322. The van der Waals surface area contributed by atoms with E-state index in [9.17, 15) is 4.79 Å². The second kappa shape index (κ2) is 10.1. The van der Waals surface area contributed by atoms with Gasteiger partial charge in [0.25, 0.3) is 5.91 Å². The third kappa shape index (κ3) is 5.20. The highest BCUT2D eigenvalue weighted by Gasteiger charge is 2.13. The van der Waals surface area contributed by atoms with Crippen molar-refractivity contribution >= 4 is 12.1 Å². The molecule has 2 N–H and O–H groups in total. The van der Waals surface area contributed by atoms with E-state index in [1.54, 1.807) is 19.4 Å². The molecule has 0 saturated heterocycles. The molecule has 0 aliphatic rings. The van der Waals surface area contributed by atoms with Crippen LogP contribution in [0.4, 0.5) is 0 Å². The molecule has 0 atom stereocenters. The van der Waals surface area contributed by atoms with Crippen molar-refractivity contribution in [2.75, 3.05) is 7.11 Å². The summed E-state index contributed by atoms with van der Waals surface area (Å²) >= 11 is 0. The molecule has 4 aromatic rings. The lowest BCUT2D eigenvalue weighted by molar-refractivity contribution is 0.0950. The van der Waals surface area contributed by atoms with Gasteiger partial charge >= 0.3 is 0 Å². The number of rotatable bonds is 8. The third-order valence-electron chi connectivity index (χ3n) is 4.70. The number of para-hydroxylation sites is 1. The first-order valence-corrected chi connectivity index (χ1v) is 10.0. The monoisotopic (exact) mass is 426 g/mol. The highest BCUT2D eigenvalue weighted by Crippen LogP contribution is 2.29. The molecule has 1 heterocycles. The number of nitrogens with one attached hydrogen (secondary N) is 2. The molecule has 7 nitrogen and oxygen atoms in total. The number of hydrogen-bond donors (Lipinski definition) is 2. The summed E-state index contributed by atoms with van der Waals surface area (Å²) in [6.45, 7) is 0.439. The van der Waals surface area contributed by atoms with Gasteiger partial charge in [0.05, 0.1) is 19.0 Å². The Morgan fingerprint density at radius 3 is 2.69 bits per heavy atom. The van der Waals surface area contributed by atoms with Crippen LogP contribution in [0.15, 0.2) is 90.0 Å². The number of nitrogens with zero attached hydrogens (tertiary/aromatic N) is 2. The maximum Gasteiger partial charge on any atom is 0.289 e. The van der Waals surface area contributed by atoms with E-state index in [4.69, 9.17) is 9.47 Å². The smallest absolute Gasteiger partial charge is 0.289 e. The van der Waals surface area contributed by atoms with Gasteiger partial charge in [-0.25, -0.2) is 5.43 Å². The summed E-state index contributed by atoms with van der Waals surface area (Å²) in [7, 11) is 1.60. The molecule has 0 spiro atoms. The van der Waals surface area contributed by atoms with Gasteiger partial charge in [-0.05, 0) is 41.5 Å². The van der Waals surface area contributed by atoms with Crippen LogP contribution in [-0.2, 0) is 6.61 Å². The van der Waals surface area contributed by atoms with Crippen LogP contribution in [0.5, 0.6) is 11.5 Å². The van der Waals surface area contributed by atoms with Crippen LogP contribution in [0, 0.1) is 0 Å². The molecule has 0 saturated carbocycles. The summed E-state index contributed by atoms with van der Waals surface area (Å²) in [6.07, 6.45) is 1.55. The fraction of sp³-hybridized carbons (Fsp3) is 0.0800. The zero-order valence-electron chi connectivity index (χ0n) is 17.5. The van der Waals surface area contributed by atoms with Crippen LogP contribution in [-0.4, -0.2) is 29.4 Å². The maximum absolute atomic E-state index is 12.4. The Labute approximate surface area is 185 Å². The number of carbonyl (C=O) groups is 1. The lowest BCUT2D eigenvalue weighted by Gasteiger charge is -2.10. The highest BCUT2D eigenvalue weighted by molar-refractivity contribution is 5.94. The maximum atomic E-state index is 12.4. The summed E-state index contributed by atoms with van der Waals surface area (Å²) in [5.74, 6) is 1.00. The lowest BCUT2D eigenvalue weighted by Crippen LogP contribution is -2.18. The molecule has 0 fully saturated rings. The van der Waals surface area contributed by atoms with Crippen LogP contribution >= 0.6 is 0 Å². The minimum absolute atomic E-state index is 0.292. The van der Waals surface area contributed by atoms with Crippen molar-refractivity contribution < 1.29 is 14.3 Å². The summed E-state index contributed by atoms with van der Waals surface area (Å²) in [5.41, 5.74) is 6.06. The van der Waals surface area contributed by atoms with E-state index >= 15 is 0 Å². The topological polar surface area (TPSA) is 88.6 Å². The van der Waals surface area contributed by atoms with Gasteiger partial charge in [-0.3, -0.25) is 9.89 Å². The van der Waals surface area contributed by atoms with Gasteiger partial charge in [0, 0.05) is 5.56 Å². The largest absolute Gasteiger partial charge is 0.497 e. The molecule has 7 heteroatoms. The summed E-state index contributed by atoms with van der Waals surface area (Å²) in [6, 6.07) is 26.5. The summed E-state index contributed by atoms with van der Waals surface area (Å²) < 4.78 is 11.2. The molecule has 4 rings (SSSR count). The first kappa shape index (κ1) is 20.9. The normalized spacial score (nSPS) is 10.8. The Bertz CT molecular complexity index is 1220. The van der Waals surface area contributed by atoms with Crippen LogP contribution in [0.25, 0.3) is 11.3 Å². The molecule has 32 heavy (non-hydrogen) atoms. The van der Waals surface area contributed by atoms with E-state index in [2.05, 4.69) is 20.7 Å². The van der Waals surface area contributed by atoms with Crippen molar-refractivity contribution in [2.45, 2.75) is 6.61 Å². The van der Waals surface area contributed by atoms with E-state index in [1.165, 1.54) is 0 Å². The standard InChI is InChI=1S/C25H22N4O3/c1-31-20-11-7-10-19(14-20)16-26-29-25(30)23-15-22(27-28-23)21-12-5-6-13-24(21)32-17-18-8-3-2-4-9-18/h2-16H,17H2,1H3,(H,27,28)(H,29,30). The second-order valence-corrected chi connectivity index (χ2v) is 6.91. The number of amides is 1. The molecule has 0 bridgehead atoms. The highest BCUT2D eigenvalue weighted by atomic mass is 16.5. The Morgan fingerprint density at radius 2 is 1.84 bits per heavy atom. The van der Waals surface area contributed by atoms with E-state index in [0.717, 1.165) is 16.7 Å². The van der Waals surface area contributed by atoms with Crippen LogP contribution in [0.2, 0.25) is 0 Å². The van der Waals surface area contributed by atoms with Crippen molar-refractivity contribution in [3.63, 3.8) is 0 Å². The fourth-order valence-corrected chi connectivity index (χ4v) is 3.06. The molecule has 0 aliphatic heterocycles. The number of aromatic amines is 1. The molecular weight excluding hydrogens is 404 g/mol. The first-order valence-electron chi connectivity index (χ1n) is 10.0. The van der Waals surface area contributed by atoms with E-state index in [1.807, 2.05) is 78.9 Å². The van der Waals surface area contributed by atoms with Gasteiger partial charge in [0.2, 0.25) is 0 Å². The van der Waals surface area contributed by atoms with E-state index in [0.29, 0.717) is 29.5 Å². The fourth-order valence-electron chi connectivity index (χ4n) is 3.06. The molecule has 3 aromatic carbocycles. The number of benzene rings is 3. The van der Waals surface area contributed by atoms with Crippen LogP contribution in [0.3, 0.4) is 0 Å². The van der Waals surface area contributed by atoms with Gasteiger partial charge in [0.15, 0.2) is 0 Å². The minimum atomic E-state index is -0.398. The molecule has 0 unspecified atom stereocenters. The van der Waals surface area contributed by atoms with Crippen LogP contribution < -0.4 is 14.9 Å². The van der Waals surface area contributed by atoms with Crippen molar-refractivity contribution in [3.05, 3.63) is 102 Å². The Kier molecular flexibility index (Phi) is 6.57. The van der Waals surface area contributed by atoms with Gasteiger partial charge in [-0.15, -0.1) is 0 Å². The number of ether oxygens (including phenoxy) is 2. The van der Waals surface area contributed by atoms with Gasteiger partial charge in [-0.2, -0.15) is 10.2 Å². The van der Waals surface area contributed by atoms with Crippen molar-refractivity contribution in [1.82, 2.24) is 15.6 Å². The van der Waals surface area contributed by atoms with Gasteiger partial charge in [-0.1, -0.05) is 54.6 Å². The van der Waals surface area contributed by atoms with Crippen LogP contribution in [0.1, 0.15) is 21.6 Å². The summed E-state index contributed by atoms with van der Waals surface area (Å²) in [5, 5.41) is 11.0. The Morgan fingerprint density at radius 1 is 1.03 bits per heavy atom. The number of H-pyrrole nitrogens is 1. The SMILES string of the molecule is COc1cccc(C=NNC(=O)c2cc(-c3ccccc3OCc3ccccc3)n[nH]2)c1. The molecule has 0 radical (unpaired) electrons. The molecule has 1 amide bonds. The van der Waals surface area contributed by atoms with E-state index in [-0.39, 0.29) is 0 Å². The molecular formula is C25H22N4O3. The zero-order chi connectivity index (χ0) is 22.2. The van der Waals surface area contributed by atoms with Crippen molar-refractivity contribution in [1.29, 1.82) is 0 Å². The number of hydrazone groups is 1. The zero-order valence-corrected chi connectivity index (χ0v) is 17.5. The van der Waals surface area contributed by atoms with Crippen molar-refractivity contribution in [3.8, 4) is 22.8 Å². The number of carbonyl (C=O) groups excluding carboxylic acids is 1. The van der Waals surface area contributed by atoms with Gasteiger partial charge in [0.1, 0.15) is 23.8 Å². The predicted octanol–water partition coefficient (Wildman–Crippen LogP) is 4.43. The average molecular weight is 426 g/mol. The predicted molar refractivity (Wildman–Crippen MR) is 123 cm³/mol. The second-order valence-electron chi connectivity index (χ2n) is 6.91. The number of aromatic nitrogens is 2. The Hall–Kier alpha value is -4.39.